The van der Waals surface area contributed by atoms with Crippen molar-refractivity contribution in [2.45, 2.75) is 19.8 Å². The van der Waals surface area contributed by atoms with Gasteiger partial charge in [-0.3, -0.25) is 4.79 Å². The number of likely N-dealkylation sites (tertiary alicyclic amines) is 1. The molecule has 0 spiro atoms. The molecule has 24 heavy (non-hydrogen) atoms. The molecule has 1 heterocycles. The topological polar surface area (TPSA) is 60.0 Å². The Kier molecular flexibility index (Phi) is 6.66. The molecular formula is C17H24N2O4S. The van der Waals surface area contributed by atoms with Crippen LogP contribution in [0.3, 0.4) is 0 Å². The summed E-state index contributed by atoms with van der Waals surface area (Å²) in [5.41, 5.74) is 0.765. The van der Waals surface area contributed by atoms with Crippen molar-refractivity contribution < 1.29 is 19.0 Å². The fraction of sp³-hybridized carbons (Fsp3) is 0.529. The lowest BCUT2D eigenvalue weighted by atomic mass is 9.98. The summed E-state index contributed by atoms with van der Waals surface area (Å²) >= 11 is 5.50. The number of methoxy groups -OCH3 is 2. The number of anilines is 1. The Morgan fingerprint density at radius 3 is 2.83 bits per heavy atom. The highest BCUT2D eigenvalue weighted by Gasteiger charge is 2.28. The lowest BCUT2D eigenvalue weighted by Gasteiger charge is -2.33. The highest BCUT2D eigenvalue weighted by Crippen LogP contribution is 2.29. The first-order chi connectivity index (χ1) is 11.6. The number of hydrogen-bond acceptors (Lipinski definition) is 5. The molecule has 2 rings (SSSR count). The third-order valence-electron chi connectivity index (χ3n) is 3.98. The van der Waals surface area contributed by atoms with Crippen LogP contribution in [0.25, 0.3) is 0 Å². The molecule has 6 nitrogen and oxygen atoms in total. The van der Waals surface area contributed by atoms with Crippen molar-refractivity contribution in [1.29, 1.82) is 0 Å². The third kappa shape index (κ3) is 4.50. The number of carbonyl (C=O) groups is 1. The summed E-state index contributed by atoms with van der Waals surface area (Å²) in [4.78, 5) is 14.0. The zero-order valence-electron chi connectivity index (χ0n) is 14.3. The second kappa shape index (κ2) is 8.73. The van der Waals surface area contributed by atoms with E-state index in [9.17, 15) is 4.79 Å². The number of rotatable bonds is 5. The number of piperidine rings is 1. The van der Waals surface area contributed by atoms with Crippen molar-refractivity contribution in [3.8, 4) is 11.5 Å². The maximum Gasteiger partial charge on any atom is 0.310 e. The molecule has 7 heteroatoms. The number of ether oxygens (including phenoxy) is 3. The molecule has 0 amide bonds. The van der Waals surface area contributed by atoms with E-state index in [0.29, 0.717) is 29.8 Å². The summed E-state index contributed by atoms with van der Waals surface area (Å²) in [5.74, 6) is 1.09. The van der Waals surface area contributed by atoms with E-state index in [-0.39, 0.29) is 11.9 Å². The van der Waals surface area contributed by atoms with Gasteiger partial charge < -0.3 is 24.4 Å². The Balaban J connectivity index is 2.02. The van der Waals surface area contributed by atoms with Crippen LogP contribution in [0.15, 0.2) is 18.2 Å². The Morgan fingerprint density at radius 2 is 2.17 bits per heavy atom. The number of thiocarbonyl (C=S) groups is 1. The smallest absolute Gasteiger partial charge is 0.310 e. The minimum atomic E-state index is -0.146. The van der Waals surface area contributed by atoms with E-state index in [4.69, 9.17) is 26.4 Å². The van der Waals surface area contributed by atoms with Crippen LogP contribution < -0.4 is 14.8 Å². The zero-order valence-corrected chi connectivity index (χ0v) is 15.1. The van der Waals surface area contributed by atoms with Crippen LogP contribution in [0.1, 0.15) is 19.8 Å². The van der Waals surface area contributed by atoms with Crippen molar-refractivity contribution in [1.82, 2.24) is 4.90 Å². The van der Waals surface area contributed by atoms with Crippen LogP contribution in [0.2, 0.25) is 0 Å². The molecule has 1 atom stereocenters. The second-order valence-corrected chi connectivity index (χ2v) is 5.92. The maximum absolute atomic E-state index is 11.9. The zero-order chi connectivity index (χ0) is 17.5. The van der Waals surface area contributed by atoms with Gasteiger partial charge >= 0.3 is 5.97 Å². The van der Waals surface area contributed by atoms with E-state index in [2.05, 4.69) is 5.32 Å². The van der Waals surface area contributed by atoms with Gasteiger partial charge in [-0.25, -0.2) is 0 Å². The van der Waals surface area contributed by atoms with Gasteiger partial charge in [0, 0.05) is 19.2 Å². The SMILES string of the molecule is CCOC(=O)[C@H]1CCCN(C(=S)Nc2ccc(OC)cc2OC)C1. The lowest BCUT2D eigenvalue weighted by Crippen LogP contribution is -2.44. The first-order valence-electron chi connectivity index (χ1n) is 8.03. The molecule has 132 valence electrons. The summed E-state index contributed by atoms with van der Waals surface area (Å²) in [6, 6.07) is 5.49. The molecule has 1 aromatic rings. The molecule has 1 aliphatic rings. The summed E-state index contributed by atoms with van der Waals surface area (Å²) in [6.07, 6.45) is 1.74. The lowest BCUT2D eigenvalue weighted by molar-refractivity contribution is -0.149. The third-order valence-corrected chi connectivity index (χ3v) is 4.34. The molecular weight excluding hydrogens is 328 g/mol. The Bertz CT molecular complexity index is 594. The fourth-order valence-corrected chi connectivity index (χ4v) is 2.99. The van der Waals surface area contributed by atoms with Gasteiger partial charge in [-0.05, 0) is 44.1 Å². The van der Waals surface area contributed by atoms with Crippen LogP contribution in [-0.4, -0.2) is 49.9 Å². The Labute approximate surface area is 148 Å². The van der Waals surface area contributed by atoms with Crippen LogP contribution >= 0.6 is 12.2 Å². The fourth-order valence-electron chi connectivity index (χ4n) is 2.71. The second-order valence-electron chi connectivity index (χ2n) is 5.53. The molecule has 0 aromatic heterocycles. The molecule has 1 fully saturated rings. The number of carbonyl (C=O) groups excluding carboxylic acids is 1. The number of benzene rings is 1. The van der Waals surface area contributed by atoms with E-state index in [1.807, 2.05) is 24.0 Å². The van der Waals surface area contributed by atoms with E-state index >= 15 is 0 Å². The van der Waals surface area contributed by atoms with Crippen molar-refractivity contribution in [2.24, 2.45) is 5.92 Å². The van der Waals surface area contributed by atoms with Gasteiger partial charge in [-0.15, -0.1) is 0 Å². The molecule has 1 N–H and O–H groups in total. The van der Waals surface area contributed by atoms with E-state index in [0.717, 1.165) is 25.1 Å². The predicted octanol–water partition coefficient (Wildman–Crippen LogP) is 2.68. The average Bonchev–Trinajstić information content (AvgIpc) is 2.62. The highest BCUT2D eigenvalue weighted by molar-refractivity contribution is 7.80. The molecule has 0 saturated carbocycles. The Morgan fingerprint density at radius 1 is 1.38 bits per heavy atom. The average molecular weight is 352 g/mol. The first-order valence-corrected chi connectivity index (χ1v) is 8.44. The molecule has 1 aromatic carbocycles. The summed E-state index contributed by atoms with van der Waals surface area (Å²) in [5, 5.41) is 3.78. The quantitative estimate of drug-likeness (QED) is 0.646. The van der Waals surface area contributed by atoms with Gasteiger partial charge in [0.15, 0.2) is 5.11 Å². The molecule has 1 saturated heterocycles. The van der Waals surface area contributed by atoms with Gasteiger partial charge in [0.1, 0.15) is 11.5 Å². The normalized spacial score (nSPS) is 17.1. The van der Waals surface area contributed by atoms with Crippen LogP contribution in [0, 0.1) is 5.92 Å². The van der Waals surface area contributed by atoms with Gasteiger partial charge in [0.05, 0.1) is 32.4 Å². The van der Waals surface area contributed by atoms with Crippen LogP contribution in [-0.2, 0) is 9.53 Å². The largest absolute Gasteiger partial charge is 0.497 e. The van der Waals surface area contributed by atoms with Gasteiger partial charge in [-0.2, -0.15) is 0 Å². The number of nitrogens with zero attached hydrogens (tertiary/aromatic N) is 1. The van der Waals surface area contributed by atoms with Crippen molar-refractivity contribution in [3.05, 3.63) is 18.2 Å². The number of esters is 1. The van der Waals surface area contributed by atoms with E-state index in [1.165, 1.54) is 0 Å². The molecule has 0 radical (unpaired) electrons. The van der Waals surface area contributed by atoms with Crippen molar-refractivity contribution in [3.63, 3.8) is 0 Å². The highest BCUT2D eigenvalue weighted by atomic mass is 32.1. The number of hydrogen-bond donors (Lipinski definition) is 1. The molecule has 0 aliphatic carbocycles. The van der Waals surface area contributed by atoms with E-state index in [1.54, 1.807) is 20.3 Å². The summed E-state index contributed by atoms with van der Waals surface area (Å²) < 4.78 is 15.7. The van der Waals surface area contributed by atoms with E-state index < -0.39 is 0 Å². The first kappa shape index (κ1) is 18.3. The van der Waals surface area contributed by atoms with Crippen molar-refractivity contribution >= 4 is 29.0 Å². The monoisotopic (exact) mass is 352 g/mol. The maximum atomic E-state index is 11.9. The summed E-state index contributed by atoms with van der Waals surface area (Å²) in [7, 11) is 3.20. The summed E-state index contributed by atoms with van der Waals surface area (Å²) in [6.45, 7) is 3.62. The van der Waals surface area contributed by atoms with Crippen molar-refractivity contribution in [2.75, 3.05) is 39.2 Å². The number of nitrogens with one attached hydrogen (secondary N) is 1. The molecule has 0 bridgehead atoms. The minimum absolute atomic E-state index is 0.129. The van der Waals surface area contributed by atoms with Crippen LogP contribution in [0.4, 0.5) is 5.69 Å². The standard InChI is InChI=1S/C17H24N2O4S/c1-4-23-16(20)12-6-5-9-19(11-12)17(24)18-14-8-7-13(21-2)10-15(14)22-3/h7-8,10,12H,4-6,9,11H2,1-3H3,(H,18,24)/t12-/m0/s1. The Hall–Kier alpha value is -2.02. The predicted molar refractivity (Wildman–Crippen MR) is 96.7 cm³/mol. The van der Waals surface area contributed by atoms with Gasteiger partial charge in [-0.1, -0.05) is 0 Å². The van der Waals surface area contributed by atoms with Gasteiger partial charge in [0.25, 0.3) is 0 Å². The minimum Gasteiger partial charge on any atom is -0.497 e. The molecule has 0 unspecified atom stereocenters. The van der Waals surface area contributed by atoms with Crippen LogP contribution in [0.5, 0.6) is 11.5 Å². The molecule has 1 aliphatic heterocycles. The van der Waals surface area contributed by atoms with Gasteiger partial charge in [0.2, 0.25) is 0 Å².